The lowest BCUT2D eigenvalue weighted by Gasteiger charge is -2.25. The van der Waals surface area contributed by atoms with Crippen molar-refractivity contribution in [1.29, 1.82) is 0 Å². The van der Waals surface area contributed by atoms with Crippen LogP contribution in [0.4, 0.5) is 20.6 Å². The number of hydrogen-bond acceptors (Lipinski definition) is 6. The number of nitro groups is 1. The van der Waals surface area contributed by atoms with Gasteiger partial charge in [0.2, 0.25) is 0 Å². The van der Waals surface area contributed by atoms with E-state index in [2.05, 4.69) is 4.74 Å². The first-order valence-corrected chi connectivity index (χ1v) is 6.51. The Labute approximate surface area is 131 Å². The number of nitrogens with zero attached hydrogens (tertiary/aromatic N) is 2. The van der Waals surface area contributed by atoms with Crippen LogP contribution in [-0.4, -0.2) is 36.7 Å². The minimum atomic E-state index is -1.04. The van der Waals surface area contributed by atoms with Crippen LogP contribution in [0.25, 0.3) is 0 Å². The van der Waals surface area contributed by atoms with Gasteiger partial charge < -0.3 is 9.47 Å². The van der Waals surface area contributed by atoms with Crippen molar-refractivity contribution in [3.05, 3.63) is 33.6 Å². The molecule has 0 aliphatic rings. The summed E-state index contributed by atoms with van der Waals surface area (Å²) in [7, 11) is 2.26. The minimum Gasteiger partial charge on any atom is -0.465 e. The molecule has 0 aliphatic heterocycles. The lowest BCUT2D eigenvalue weighted by Crippen LogP contribution is -2.34. The van der Waals surface area contributed by atoms with Crippen LogP contribution in [0.1, 0.15) is 31.1 Å². The van der Waals surface area contributed by atoms with Gasteiger partial charge in [0, 0.05) is 7.05 Å². The Bertz CT molecular complexity index is 653. The number of nitro benzene ring substituents is 1. The summed E-state index contributed by atoms with van der Waals surface area (Å²) in [5.41, 5.74) is -2.38. The third-order valence-corrected chi connectivity index (χ3v) is 2.70. The first kappa shape index (κ1) is 18.3. The molecule has 1 amide bonds. The molecule has 0 saturated carbocycles. The van der Waals surface area contributed by atoms with E-state index in [0.29, 0.717) is 6.07 Å². The van der Waals surface area contributed by atoms with E-state index < -0.39 is 39.7 Å². The number of rotatable bonds is 3. The van der Waals surface area contributed by atoms with Crippen molar-refractivity contribution >= 4 is 23.4 Å². The Morgan fingerprint density at radius 2 is 1.87 bits per heavy atom. The highest BCUT2D eigenvalue weighted by atomic mass is 19.1. The number of anilines is 1. The van der Waals surface area contributed by atoms with Crippen molar-refractivity contribution in [2.75, 3.05) is 19.1 Å². The van der Waals surface area contributed by atoms with E-state index in [-0.39, 0.29) is 5.69 Å². The van der Waals surface area contributed by atoms with Gasteiger partial charge in [-0.15, -0.1) is 0 Å². The van der Waals surface area contributed by atoms with E-state index in [9.17, 15) is 24.1 Å². The van der Waals surface area contributed by atoms with Gasteiger partial charge in [0.05, 0.1) is 23.8 Å². The van der Waals surface area contributed by atoms with Gasteiger partial charge in [-0.05, 0) is 26.8 Å². The number of carbonyl (C=O) groups excluding carboxylic acids is 2. The summed E-state index contributed by atoms with van der Waals surface area (Å²) in [6.45, 7) is 4.89. The van der Waals surface area contributed by atoms with Gasteiger partial charge in [-0.25, -0.2) is 14.0 Å². The quantitative estimate of drug-likeness (QED) is 0.480. The number of methoxy groups -OCH3 is 1. The summed E-state index contributed by atoms with van der Waals surface area (Å²) in [6.07, 6.45) is -0.874. The summed E-state index contributed by atoms with van der Waals surface area (Å²) in [6, 6.07) is 1.44. The molecule has 0 fully saturated rings. The zero-order valence-corrected chi connectivity index (χ0v) is 13.4. The molecule has 0 saturated heterocycles. The summed E-state index contributed by atoms with van der Waals surface area (Å²) >= 11 is 0. The Balaban J connectivity index is 3.34. The molecule has 1 rings (SSSR count). The molecule has 1 aromatic carbocycles. The van der Waals surface area contributed by atoms with Crippen LogP contribution in [0.5, 0.6) is 0 Å². The van der Waals surface area contributed by atoms with Gasteiger partial charge in [-0.3, -0.25) is 15.0 Å². The van der Waals surface area contributed by atoms with Crippen molar-refractivity contribution in [2.45, 2.75) is 26.4 Å². The standard InChI is InChI=1S/C14H17FN2O6/c1-14(2,3)23-13(19)16(4)11-6-8(12(18)22-5)10(17(20)21)7-9(11)15/h6-7H,1-5H3. The third kappa shape index (κ3) is 4.38. The molecular formula is C14H17FN2O6. The maximum absolute atomic E-state index is 14.1. The molecule has 0 bridgehead atoms. The second-order valence-electron chi connectivity index (χ2n) is 5.61. The van der Waals surface area contributed by atoms with E-state index in [1.807, 2.05) is 0 Å². The van der Waals surface area contributed by atoms with E-state index >= 15 is 0 Å². The molecule has 23 heavy (non-hydrogen) atoms. The second-order valence-corrected chi connectivity index (χ2v) is 5.61. The fourth-order valence-corrected chi connectivity index (χ4v) is 1.66. The average Bonchev–Trinajstić information content (AvgIpc) is 2.43. The van der Waals surface area contributed by atoms with Gasteiger partial charge in [0.1, 0.15) is 11.2 Å². The van der Waals surface area contributed by atoms with E-state index in [0.717, 1.165) is 18.1 Å². The number of ether oxygens (including phenoxy) is 2. The van der Waals surface area contributed by atoms with E-state index in [4.69, 9.17) is 4.74 Å². The predicted molar refractivity (Wildman–Crippen MR) is 79.0 cm³/mol. The number of amides is 1. The number of halogens is 1. The summed E-state index contributed by atoms with van der Waals surface area (Å²) in [5.74, 6) is -2.06. The number of carbonyl (C=O) groups is 2. The SMILES string of the molecule is COC(=O)c1cc(N(C)C(=O)OC(C)(C)C)c(F)cc1[N+](=O)[O-]. The van der Waals surface area contributed by atoms with Crippen molar-refractivity contribution in [3.63, 3.8) is 0 Å². The van der Waals surface area contributed by atoms with Crippen molar-refractivity contribution < 1.29 is 28.4 Å². The topological polar surface area (TPSA) is 99.0 Å². The molecule has 0 N–H and O–H groups in total. The van der Waals surface area contributed by atoms with Gasteiger partial charge in [-0.1, -0.05) is 0 Å². The predicted octanol–water partition coefficient (Wildman–Crippen LogP) is 2.89. The maximum atomic E-state index is 14.1. The minimum absolute atomic E-state index is 0.342. The molecule has 0 atom stereocenters. The normalized spacial score (nSPS) is 10.9. The maximum Gasteiger partial charge on any atom is 0.414 e. The highest BCUT2D eigenvalue weighted by molar-refractivity contribution is 5.97. The first-order chi connectivity index (χ1) is 10.5. The third-order valence-electron chi connectivity index (χ3n) is 2.70. The van der Waals surface area contributed by atoms with Gasteiger partial charge in [0.25, 0.3) is 5.69 Å². The van der Waals surface area contributed by atoms with Crippen LogP contribution in [-0.2, 0) is 9.47 Å². The Morgan fingerprint density at radius 1 is 1.30 bits per heavy atom. The number of esters is 1. The molecule has 0 spiro atoms. The average molecular weight is 328 g/mol. The largest absolute Gasteiger partial charge is 0.465 e. The molecule has 126 valence electrons. The highest BCUT2D eigenvalue weighted by Crippen LogP contribution is 2.29. The molecular weight excluding hydrogens is 311 g/mol. The fourth-order valence-electron chi connectivity index (χ4n) is 1.66. The molecule has 8 nitrogen and oxygen atoms in total. The lowest BCUT2D eigenvalue weighted by atomic mass is 10.1. The second kappa shape index (κ2) is 6.59. The molecule has 0 radical (unpaired) electrons. The lowest BCUT2D eigenvalue weighted by molar-refractivity contribution is -0.385. The van der Waals surface area contributed by atoms with Gasteiger partial charge >= 0.3 is 12.1 Å². The molecule has 9 heteroatoms. The van der Waals surface area contributed by atoms with Crippen LogP contribution in [0.2, 0.25) is 0 Å². The first-order valence-electron chi connectivity index (χ1n) is 6.51. The monoisotopic (exact) mass is 328 g/mol. The number of benzene rings is 1. The van der Waals surface area contributed by atoms with Gasteiger partial charge in [0.15, 0.2) is 5.82 Å². The molecule has 1 aromatic rings. The summed E-state index contributed by atoms with van der Waals surface area (Å²) < 4.78 is 23.6. The Hall–Kier alpha value is -2.71. The van der Waals surface area contributed by atoms with Crippen LogP contribution in [0.3, 0.4) is 0 Å². The Morgan fingerprint density at radius 3 is 2.30 bits per heavy atom. The van der Waals surface area contributed by atoms with E-state index in [1.54, 1.807) is 20.8 Å². The fraction of sp³-hybridized carbons (Fsp3) is 0.429. The molecule has 0 aromatic heterocycles. The van der Waals surface area contributed by atoms with Crippen molar-refractivity contribution in [1.82, 2.24) is 0 Å². The molecule has 0 heterocycles. The highest BCUT2D eigenvalue weighted by Gasteiger charge is 2.28. The van der Waals surface area contributed by atoms with Gasteiger partial charge in [-0.2, -0.15) is 0 Å². The van der Waals surface area contributed by atoms with Crippen LogP contribution in [0.15, 0.2) is 12.1 Å². The zero-order chi connectivity index (χ0) is 17.9. The van der Waals surface area contributed by atoms with E-state index in [1.165, 1.54) is 7.05 Å². The van der Waals surface area contributed by atoms with Crippen molar-refractivity contribution in [2.24, 2.45) is 0 Å². The summed E-state index contributed by atoms with van der Waals surface area (Å²) in [4.78, 5) is 34.4. The molecule has 0 aliphatic carbocycles. The summed E-state index contributed by atoms with van der Waals surface area (Å²) in [5, 5.41) is 10.9. The smallest absolute Gasteiger partial charge is 0.414 e. The van der Waals surface area contributed by atoms with Crippen LogP contribution >= 0.6 is 0 Å². The zero-order valence-electron chi connectivity index (χ0n) is 13.4. The van der Waals surface area contributed by atoms with Crippen molar-refractivity contribution in [3.8, 4) is 0 Å². The number of hydrogen-bond donors (Lipinski definition) is 0. The van der Waals surface area contributed by atoms with Crippen LogP contribution in [0, 0.1) is 15.9 Å². The van der Waals surface area contributed by atoms with Crippen LogP contribution < -0.4 is 4.90 Å². The Kier molecular flexibility index (Phi) is 5.26. The molecule has 0 unspecified atom stereocenters.